The molecule has 1 saturated carbocycles. The Morgan fingerprint density at radius 2 is 0.727 bits per heavy atom. The molecule has 0 amide bonds. The van der Waals surface area contributed by atoms with Gasteiger partial charge in [0.25, 0.3) is 8.32 Å². The van der Waals surface area contributed by atoms with Crippen molar-refractivity contribution in [2.24, 2.45) is 0 Å². The van der Waals surface area contributed by atoms with Crippen molar-refractivity contribution in [3.63, 3.8) is 0 Å². The number of rotatable bonds is 10. The molecule has 0 N–H and O–H groups in total. The lowest BCUT2D eigenvalue weighted by molar-refractivity contribution is -0.0651. The van der Waals surface area contributed by atoms with Crippen molar-refractivity contribution >= 4 is 55.7 Å². The standard InChI is InChI=1S/C9H19OSi.C4BF12O12S4/c1-11(2,3)10-9-7-5-4-6-8-9;6-1(7,8)30(18,19)26-5(27-31(20,21)2(9,10)11,28-32(22,23)3(12,13)14)29-33(24,25)4(15,16)17/h4-8H2,1-3H3;/q+1;-1. The van der Waals surface area contributed by atoms with Crippen LogP contribution in [0.4, 0.5) is 52.7 Å². The summed E-state index contributed by atoms with van der Waals surface area (Å²) in [4.78, 5) is 0. The molecule has 0 aromatic carbocycles. The molecule has 44 heavy (non-hydrogen) atoms. The fourth-order valence-electron chi connectivity index (χ4n) is 2.42. The van der Waals surface area contributed by atoms with Gasteiger partial charge in [0.05, 0.1) is 0 Å². The number of hydrogen-bond acceptors (Lipinski definition) is 13. The molecule has 0 aromatic heterocycles. The molecule has 1 aliphatic carbocycles. The van der Waals surface area contributed by atoms with E-state index in [-0.39, 0.29) is 0 Å². The maximum Gasteiger partial charge on any atom is 0.587 e. The summed E-state index contributed by atoms with van der Waals surface area (Å²) in [6.07, 6.45) is 7.93. The van der Waals surface area contributed by atoms with Crippen LogP contribution in [0.3, 0.4) is 0 Å². The Kier molecular flexibility index (Phi) is 13.2. The largest absolute Gasteiger partial charge is 0.587 e. The summed E-state index contributed by atoms with van der Waals surface area (Å²) >= 11 is 0. The average molecular weight is 778 g/mol. The van der Waals surface area contributed by atoms with E-state index in [2.05, 4.69) is 36.0 Å². The first-order valence-corrected chi connectivity index (χ1v) is 19.7. The summed E-state index contributed by atoms with van der Waals surface area (Å²) in [6.45, 7) is -1.11. The van der Waals surface area contributed by atoms with E-state index in [1.165, 1.54) is 38.2 Å². The first kappa shape index (κ1) is 42.9. The van der Waals surface area contributed by atoms with Gasteiger partial charge in [-0.25, -0.2) is 4.43 Å². The van der Waals surface area contributed by atoms with E-state index in [1.807, 2.05) is 0 Å². The summed E-state index contributed by atoms with van der Waals surface area (Å²) in [6, 6.07) is 0. The summed E-state index contributed by atoms with van der Waals surface area (Å²) in [5.74, 6) is 0. The molecule has 264 valence electrons. The molecular formula is C13H19BF12O13S4Si. The van der Waals surface area contributed by atoms with Crippen LogP contribution in [-0.2, 0) is 61.3 Å². The quantitative estimate of drug-likeness (QED) is 0.133. The van der Waals surface area contributed by atoms with Crippen LogP contribution in [0.15, 0.2) is 0 Å². The Balaban J connectivity index is 0.00000139. The number of halogens is 12. The Morgan fingerprint density at radius 3 is 0.909 bits per heavy atom. The SMILES string of the molecule is C[Si](C)(C)O[C+]1CCCCC1.O=S(=O)(O[B-](OS(=O)(=O)C(F)(F)F)(OS(=O)(=O)C(F)(F)F)OS(=O)(=O)C(F)(F)F)C(F)(F)F. The van der Waals surface area contributed by atoms with Crippen molar-refractivity contribution < 1.29 is 107 Å². The lowest BCUT2D eigenvalue weighted by atomic mass is 9.98. The highest BCUT2D eigenvalue weighted by Crippen LogP contribution is 2.39. The topological polar surface area (TPSA) is 183 Å². The van der Waals surface area contributed by atoms with Crippen molar-refractivity contribution in [1.29, 1.82) is 0 Å². The molecule has 0 heterocycles. The van der Waals surface area contributed by atoms with Crippen LogP contribution in [0.1, 0.15) is 32.1 Å². The lowest BCUT2D eigenvalue weighted by Crippen LogP contribution is -2.59. The molecule has 0 spiro atoms. The Morgan fingerprint density at radius 1 is 0.500 bits per heavy atom. The van der Waals surface area contributed by atoms with Gasteiger partial charge in [0, 0.05) is 0 Å². The van der Waals surface area contributed by atoms with E-state index in [4.69, 9.17) is 4.43 Å². The van der Waals surface area contributed by atoms with E-state index in [0.29, 0.717) is 0 Å². The summed E-state index contributed by atoms with van der Waals surface area (Å²) in [5, 5.41) is 0. The van der Waals surface area contributed by atoms with Crippen LogP contribution in [-0.4, -0.2) is 71.0 Å². The molecule has 0 atom stereocenters. The highest BCUT2D eigenvalue weighted by molar-refractivity contribution is 7.93. The van der Waals surface area contributed by atoms with Gasteiger partial charge in [-0.3, -0.25) is 0 Å². The van der Waals surface area contributed by atoms with Crippen LogP contribution in [0.2, 0.25) is 19.6 Å². The Bertz CT molecular complexity index is 1220. The van der Waals surface area contributed by atoms with Crippen molar-refractivity contribution in [1.82, 2.24) is 0 Å². The zero-order valence-electron chi connectivity index (χ0n) is 21.6. The third-order valence-electron chi connectivity index (χ3n) is 3.97. The monoisotopic (exact) mass is 778 g/mol. The molecule has 31 heteroatoms. The molecule has 13 nitrogen and oxygen atoms in total. The zero-order valence-corrected chi connectivity index (χ0v) is 25.9. The lowest BCUT2D eigenvalue weighted by Gasteiger charge is -2.37. The highest BCUT2D eigenvalue weighted by atomic mass is 32.2. The third-order valence-corrected chi connectivity index (χ3v) is 9.10. The van der Waals surface area contributed by atoms with E-state index >= 15 is 0 Å². The molecule has 0 saturated heterocycles. The first-order chi connectivity index (χ1) is 18.9. The van der Waals surface area contributed by atoms with Crippen molar-refractivity contribution in [2.45, 2.75) is 73.8 Å². The summed E-state index contributed by atoms with van der Waals surface area (Å²) in [5.41, 5.74) is -28.5. The molecule has 0 unspecified atom stereocenters. The van der Waals surface area contributed by atoms with Gasteiger partial charge in [0.15, 0.2) is 0 Å². The van der Waals surface area contributed by atoms with Crippen molar-refractivity contribution in [3.8, 4) is 0 Å². The first-order valence-electron chi connectivity index (χ1n) is 10.6. The summed E-state index contributed by atoms with van der Waals surface area (Å²) < 4.78 is 250. The van der Waals surface area contributed by atoms with Crippen molar-refractivity contribution in [3.05, 3.63) is 6.10 Å². The average Bonchev–Trinajstić information content (AvgIpc) is 2.68. The molecule has 1 fully saturated rings. The van der Waals surface area contributed by atoms with Crippen LogP contribution in [0.5, 0.6) is 0 Å². The van der Waals surface area contributed by atoms with Gasteiger partial charge in [-0.15, -0.1) is 0 Å². The molecule has 0 bridgehead atoms. The van der Waals surface area contributed by atoms with E-state index in [1.54, 1.807) is 0 Å². The van der Waals surface area contributed by atoms with Crippen LogP contribution in [0.25, 0.3) is 0 Å². The minimum absolute atomic E-state index is 1.23. The predicted molar refractivity (Wildman–Crippen MR) is 121 cm³/mol. The van der Waals surface area contributed by atoms with Gasteiger partial charge in [-0.1, -0.05) is 0 Å². The Labute approximate surface area is 242 Å². The number of hydrogen-bond donors (Lipinski definition) is 0. The fourth-order valence-corrected chi connectivity index (χ4v) is 5.93. The van der Waals surface area contributed by atoms with Crippen molar-refractivity contribution in [2.75, 3.05) is 0 Å². The predicted octanol–water partition coefficient (Wildman–Crippen LogP) is 4.22. The van der Waals surface area contributed by atoms with Gasteiger partial charge >= 0.3 is 69.5 Å². The Hall–Kier alpha value is -1.09. The van der Waals surface area contributed by atoms with Gasteiger partial charge in [-0.05, 0) is 38.9 Å². The second-order valence-electron chi connectivity index (χ2n) is 8.88. The molecular weight excluding hydrogens is 759 g/mol. The second kappa shape index (κ2) is 13.6. The van der Waals surface area contributed by atoms with Gasteiger partial charge in [0.1, 0.15) is 12.8 Å². The van der Waals surface area contributed by atoms with E-state index in [0.717, 1.165) is 0 Å². The molecule has 0 aromatic rings. The third kappa shape index (κ3) is 12.6. The molecule has 1 rings (SSSR count). The number of alkyl halides is 12. The zero-order chi connectivity index (χ0) is 35.6. The fraction of sp³-hybridized carbons (Fsp3) is 0.923. The van der Waals surface area contributed by atoms with Gasteiger partial charge in [0.2, 0.25) is 6.10 Å². The van der Waals surface area contributed by atoms with Gasteiger partial charge < -0.3 is 16.4 Å². The maximum absolute atomic E-state index is 12.4. The van der Waals surface area contributed by atoms with E-state index < -0.39 is 77.8 Å². The van der Waals surface area contributed by atoms with Crippen LogP contribution < -0.4 is 0 Å². The second-order valence-corrected chi connectivity index (χ2v) is 19.6. The van der Waals surface area contributed by atoms with Crippen LogP contribution in [0, 0.1) is 6.10 Å². The highest BCUT2D eigenvalue weighted by Gasteiger charge is 2.64. The van der Waals surface area contributed by atoms with Gasteiger partial charge in [-0.2, -0.15) is 86.4 Å². The van der Waals surface area contributed by atoms with E-state index in [9.17, 15) is 86.4 Å². The minimum Gasteiger partial charge on any atom is -0.398 e. The minimum atomic E-state index is -8.05. The maximum atomic E-state index is 12.4. The summed E-state index contributed by atoms with van der Waals surface area (Å²) in [7, 11) is -33.5. The molecule has 1 aliphatic rings. The normalized spacial score (nSPS) is 17.2. The molecule has 0 aliphatic heterocycles. The smallest absolute Gasteiger partial charge is 0.398 e. The molecule has 0 radical (unpaired) electrons. The van der Waals surface area contributed by atoms with Crippen LogP contribution >= 0.6 is 0 Å².